The summed E-state index contributed by atoms with van der Waals surface area (Å²) in [7, 11) is -6.93. The van der Waals surface area contributed by atoms with Crippen LogP contribution in [0.2, 0.25) is 0 Å². The van der Waals surface area contributed by atoms with Crippen LogP contribution in [0.25, 0.3) is 94.8 Å². The molecule has 0 bridgehead atoms. The van der Waals surface area contributed by atoms with E-state index >= 15 is 0 Å². The Morgan fingerprint density at radius 2 is 0.484 bits per heavy atom. The predicted molar refractivity (Wildman–Crippen MR) is 396 cm³/mol. The molecule has 0 fully saturated rings. The van der Waals surface area contributed by atoms with E-state index in [1.165, 1.54) is 74.5 Å². The molecule has 0 aliphatic carbocycles. The van der Waals surface area contributed by atoms with Gasteiger partial charge in [0.2, 0.25) is 0 Å². The van der Waals surface area contributed by atoms with Gasteiger partial charge in [0.1, 0.15) is 5.82 Å². The van der Waals surface area contributed by atoms with E-state index in [2.05, 4.69) is 387 Å². The third-order valence-electron chi connectivity index (χ3n) is 18.7. The van der Waals surface area contributed by atoms with Gasteiger partial charge in [-0.3, -0.25) is 4.57 Å². The van der Waals surface area contributed by atoms with Crippen molar-refractivity contribution in [2.24, 2.45) is 0 Å². The fourth-order valence-corrected chi connectivity index (χ4v) is 24.3. The standard InChI is InChI=1S/C88H63N3Si2/c1-8-30-64(31-9-1)67-36-26-38-69(56-67)71-40-28-50-78(58-71)92(74-42-14-4-15-43-74,75-44-16-5-17-45-75)80-60-73(84-63-87(90-88(89-84)66-34-12-3-13-35-66)91-85-54-24-22-52-82(85)83-53-23-25-55-86(83)91)61-81(62-80)93(76-46-18-6-19-47-76,77-48-20-7-21-49-77)79-51-29-41-72(59-79)70-39-27-37-68(57-70)65-32-10-2-11-33-65/h1-63H. The van der Waals surface area contributed by atoms with Crippen LogP contribution in [0.15, 0.2) is 382 Å². The number of benzene rings is 14. The molecule has 2 heterocycles. The lowest BCUT2D eigenvalue weighted by Crippen LogP contribution is -2.78. The van der Waals surface area contributed by atoms with Crippen molar-refractivity contribution in [2.45, 2.75) is 0 Å². The van der Waals surface area contributed by atoms with Crippen LogP contribution in [-0.4, -0.2) is 30.7 Å². The van der Waals surface area contributed by atoms with Crippen LogP contribution in [0.1, 0.15) is 0 Å². The number of aromatic nitrogens is 3. The summed E-state index contributed by atoms with van der Waals surface area (Å²) in [5.41, 5.74) is 14.3. The minimum Gasteiger partial charge on any atom is -0.294 e. The van der Waals surface area contributed by atoms with Crippen LogP contribution in [-0.2, 0) is 0 Å². The first-order valence-electron chi connectivity index (χ1n) is 31.9. The largest absolute Gasteiger partial charge is 0.294 e. The van der Waals surface area contributed by atoms with Gasteiger partial charge in [-0.15, -0.1) is 0 Å². The third kappa shape index (κ3) is 10.4. The zero-order valence-corrected chi connectivity index (χ0v) is 53.2. The van der Waals surface area contributed by atoms with E-state index in [0.717, 1.165) is 55.9 Å². The molecule has 93 heavy (non-hydrogen) atoms. The van der Waals surface area contributed by atoms with Gasteiger partial charge in [0, 0.05) is 28.0 Å². The van der Waals surface area contributed by atoms with Gasteiger partial charge in [0.15, 0.2) is 22.0 Å². The molecule has 438 valence electrons. The molecule has 14 aromatic carbocycles. The lowest BCUT2D eigenvalue weighted by atomic mass is 9.99. The van der Waals surface area contributed by atoms with E-state index in [1.54, 1.807) is 0 Å². The highest BCUT2D eigenvalue weighted by Crippen LogP contribution is 2.35. The monoisotopic (exact) mass is 1220 g/mol. The number of rotatable bonds is 15. The minimum atomic E-state index is -3.46. The second kappa shape index (κ2) is 24.6. The Balaban J connectivity index is 1.04. The van der Waals surface area contributed by atoms with Crippen LogP contribution >= 0.6 is 0 Å². The summed E-state index contributed by atoms with van der Waals surface area (Å²) in [6.07, 6.45) is 0. The Hall–Kier alpha value is -11.6. The molecule has 3 nitrogen and oxygen atoms in total. The zero-order chi connectivity index (χ0) is 62.0. The molecule has 0 aliphatic rings. The van der Waals surface area contributed by atoms with Crippen molar-refractivity contribution in [3.05, 3.63) is 382 Å². The van der Waals surface area contributed by atoms with Gasteiger partial charge in [-0.1, -0.05) is 352 Å². The van der Waals surface area contributed by atoms with Crippen molar-refractivity contribution in [2.75, 3.05) is 0 Å². The number of fused-ring (bicyclic) bond motifs is 3. The van der Waals surface area contributed by atoms with E-state index < -0.39 is 16.1 Å². The fraction of sp³-hybridized carbons (Fsp3) is 0. The normalized spacial score (nSPS) is 11.7. The molecule has 0 saturated carbocycles. The SMILES string of the molecule is c1ccc(-c2cccc(-c3cccc([Si](c4ccccc4)(c4ccccc4)c4cc(-c5cc(-n6c7ccccc7c7ccccc76)nc(-c6ccccc6)n5)cc([Si](c5ccccc5)(c5ccccc5)c5cccc(-c6cccc(-c7ccccc7)c6)c5)c4)c3)c2)cc1. The average Bonchev–Trinajstić information content (AvgIpc) is 1.26. The molecular formula is C88H63N3Si2. The summed E-state index contributed by atoms with van der Waals surface area (Å²) in [6, 6.07) is 142. The van der Waals surface area contributed by atoms with Crippen molar-refractivity contribution in [1.82, 2.24) is 14.5 Å². The summed E-state index contributed by atoms with van der Waals surface area (Å²) in [5, 5.41) is 12.5. The van der Waals surface area contributed by atoms with E-state index in [4.69, 9.17) is 9.97 Å². The molecule has 0 atom stereocenters. The lowest BCUT2D eigenvalue weighted by Gasteiger charge is -2.38. The summed E-state index contributed by atoms with van der Waals surface area (Å²) < 4.78 is 2.34. The molecule has 16 aromatic rings. The van der Waals surface area contributed by atoms with Crippen LogP contribution in [0, 0.1) is 0 Å². The maximum Gasteiger partial charge on any atom is 0.179 e. The Labute approximate surface area is 545 Å². The number of hydrogen-bond acceptors (Lipinski definition) is 2. The smallest absolute Gasteiger partial charge is 0.179 e. The molecular weight excluding hydrogens is 1160 g/mol. The Kier molecular flexibility index (Phi) is 15.0. The van der Waals surface area contributed by atoms with E-state index in [0.29, 0.717) is 5.82 Å². The molecule has 5 heteroatoms. The average molecular weight is 1220 g/mol. The Morgan fingerprint density at radius 1 is 0.194 bits per heavy atom. The number of hydrogen-bond donors (Lipinski definition) is 0. The Bertz CT molecular complexity index is 4950. The van der Waals surface area contributed by atoms with Crippen molar-refractivity contribution in [3.63, 3.8) is 0 Å². The summed E-state index contributed by atoms with van der Waals surface area (Å²) in [4.78, 5) is 11.4. The Morgan fingerprint density at radius 3 is 0.882 bits per heavy atom. The van der Waals surface area contributed by atoms with Crippen molar-refractivity contribution >= 4 is 79.4 Å². The maximum absolute atomic E-state index is 5.81. The van der Waals surface area contributed by atoms with Crippen molar-refractivity contribution < 1.29 is 0 Å². The second-order valence-electron chi connectivity index (χ2n) is 24.0. The molecule has 0 spiro atoms. The quantitative estimate of drug-likeness (QED) is 0.0756. The van der Waals surface area contributed by atoms with Crippen LogP contribution < -0.4 is 41.5 Å². The zero-order valence-electron chi connectivity index (χ0n) is 51.2. The number of para-hydroxylation sites is 2. The molecule has 0 unspecified atom stereocenters. The molecule has 0 saturated heterocycles. The summed E-state index contributed by atoms with van der Waals surface area (Å²) in [5.74, 6) is 1.44. The van der Waals surface area contributed by atoms with Crippen molar-refractivity contribution in [1.29, 1.82) is 0 Å². The highest BCUT2D eigenvalue weighted by atomic mass is 28.3. The first kappa shape index (κ1) is 56.6. The summed E-state index contributed by atoms with van der Waals surface area (Å²) >= 11 is 0. The highest BCUT2D eigenvalue weighted by Gasteiger charge is 2.46. The molecule has 0 aliphatic heterocycles. The third-order valence-corrected chi connectivity index (χ3v) is 28.1. The lowest BCUT2D eigenvalue weighted by molar-refractivity contribution is 1.05. The highest BCUT2D eigenvalue weighted by molar-refractivity contribution is 7.22. The molecule has 0 amide bonds. The molecule has 2 aromatic heterocycles. The van der Waals surface area contributed by atoms with Gasteiger partial charge in [-0.25, -0.2) is 9.97 Å². The predicted octanol–water partition coefficient (Wildman–Crippen LogP) is 16.3. The van der Waals surface area contributed by atoms with Gasteiger partial charge >= 0.3 is 0 Å². The fourth-order valence-electron chi connectivity index (χ4n) is 14.4. The second-order valence-corrected chi connectivity index (χ2v) is 31.6. The van der Waals surface area contributed by atoms with E-state index in [-0.39, 0.29) is 0 Å². The maximum atomic E-state index is 5.81. The topological polar surface area (TPSA) is 30.7 Å². The summed E-state index contributed by atoms with van der Waals surface area (Å²) in [6.45, 7) is 0. The van der Waals surface area contributed by atoms with Gasteiger partial charge in [0.25, 0.3) is 0 Å². The van der Waals surface area contributed by atoms with Crippen LogP contribution in [0.3, 0.4) is 0 Å². The first-order valence-corrected chi connectivity index (χ1v) is 35.9. The van der Waals surface area contributed by atoms with Gasteiger partial charge in [-0.05, 0) is 110 Å². The van der Waals surface area contributed by atoms with Gasteiger partial charge in [-0.2, -0.15) is 0 Å². The van der Waals surface area contributed by atoms with E-state index in [1.807, 2.05) is 0 Å². The molecule has 0 N–H and O–H groups in total. The van der Waals surface area contributed by atoms with Crippen LogP contribution in [0.4, 0.5) is 0 Å². The van der Waals surface area contributed by atoms with Gasteiger partial charge < -0.3 is 0 Å². The van der Waals surface area contributed by atoms with E-state index in [9.17, 15) is 0 Å². The first-order chi connectivity index (χ1) is 46.1. The van der Waals surface area contributed by atoms with Gasteiger partial charge in [0.05, 0.1) is 16.7 Å². The molecule has 16 rings (SSSR count). The number of nitrogens with zero attached hydrogens (tertiary/aromatic N) is 3. The molecule has 0 radical (unpaired) electrons. The minimum absolute atomic E-state index is 0.650. The van der Waals surface area contributed by atoms with Crippen LogP contribution in [0.5, 0.6) is 0 Å². The van der Waals surface area contributed by atoms with Crippen molar-refractivity contribution in [3.8, 4) is 73.0 Å².